The summed E-state index contributed by atoms with van der Waals surface area (Å²) in [6.07, 6.45) is 0. The zero-order chi connectivity index (χ0) is 17.3. The summed E-state index contributed by atoms with van der Waals surface area (Å²) in [5.41, 5.74) is 6.56. The Bertz CT molecular complexity index is 1070. The number of carbonyl (C=O) groups excluding carboxylic acids is 1. The van der Waals surface area contributed by atoms with Crippen molar-refractivity contribution in [1.82, 2.24) is 0 Å². The predicted octanol–water partition coefficient (Wildman–Crippen LogP) is 4.03. The van der Waals surface area contributed by atoms with Gasteiger partial charge in [0, 0.05) is 29.1 Å². The van der Waals surface area contributed by atoms with Gasteiger partial charge in [-0.25, -0.2) is 0 Å². The van der Waals surface area contributed by atoms with Crippen LogP contribution in [0.3, 0.4) is 0 Å². The zero-order valence-corrected chi connectivity index (χ0v) is 14.8. The molecule has 0 saturated heterocycles. The minimum Gasteiger partial charge on any atom is -0.328 e. The molecule has 3 aromatic carbocycles. The van der Waals surface area contributed by atoms with E-state index in [0.29, 0.717) is 0 Å². The molecule has 0 radical (unpaired) electrons. The molecule has 0 N–H and O–H groups in total. The van der Waals surface area contributed by atoms with E-state index < -0.39 is 0 Å². The number of carbonyl (C=O) groups is 1. The first-order valence-corrected chi connectivity index (χ1v) is 8.72. The molecular weight excluding hydrogens is 308 g/mol. The molecule has 0 saturated carbocycles. The first-order chi connectivity index (χ1) is 12.0. The van der Waals surface area contributed by atoms with E-state index in [-0.39, 0.29) is 5.78 Å². The second kappa shape index (κ2) is 4.70. The molecule has 0 bridgehead atoms. The van der Waals surface area contributed by atoms with E-state index in [1.807, 2.05) is 30.3 Å². The Morgan fingerprint density at radius 2 is 1.64 bits per heavy atom. The van der Waals surface area contributed by atoms with Crippen LogP contribution in [0.4, 0.5) is 5.69 Å². The van der Waals surface area contributed by atoms with E-state index in [1.54, 1.807) is 0 Å². The molecule has 5 rings (SSSR count). The van der Waals surface area contributed by atoms with Gasteiger partial charge >= 0.3 is 0 Å². The number of nitrogens with zero attached hydrogens (tertiary/aromatic N) is 2. The third kappa shape index (κ3) is 1.93. The molecule has 0 unspecified atom stereocenters. The second-order valence-corrected chi connectivity index (χ2v) is 7.96. The Morgan fingerprint density at radius 1 is 0.920 bits per heavy atom. The molecule has 0 aromatic heterocycles. The molecule has 0 fully saturated rings. The van der Waals surface area contributed by atoms with Crippen molar-refractivity contribution in [1.29, 1.82) is 0 Å². The summed E-state index contributed by atoms with van der Waals surface area (Å²) in [6, 6.07) is 16.5. The third-order valence-corrected chi connectivity index (χ3v) is 5.55. The Balaban J connectivity index is 1.95. The SMILES string of the molecule is CN1C[N+](C)(C)Cc2c1cc1c3c(cccc23)C(=O)c2ccccc2-1. The van der Waals surface area contributed by atoms with Crippen LogP contribution in [0.2, 0.25) is 0 Å². The molecular formula is C22H21N2O+. The number of quaternary nitrogens is 1. The Hall–Kier alpha value is -2.65. The molecule has 0 spiro atoms. The van der Waals surface area contributed by atoms with Crippen LogP contribution in [0.15, 0.2) is 48.5 Å². The summed E-state index contributed by atoms with van der Waals surface area (Å²) in [5.74, 6) is 0.145. The van der Waals surface area contributed by atoms with Crippen molar-refractivity contribution in [3.05, 3.63) is 65.2 Å². The van der Waals surface area contributed by atoms with Gasteiger partial charge in [-0.2, -0.15) is 0 Å². The van der Waals surface area contributed by atoms with Crippen molar-refractivity contribution < 1.29 is 9.28 Å². The maximum Gasteiger partial charge on any atom is 0.194 e. The Labute approximate surface area is 147 Å². The maximum atomic E-state index is 13.0. The second-order valence-electron chi connectivity index (χ2n) is 7.96. The van der Waals surface area contributed by atoms with Crippen molar-refractivity contribution in [2.24, 2.45) is 0 Å². The van der Waals surface area contributed by atoms with Crippen molar-refractivity contribution >= 4 is 22.2 Å². The van der Waals surface area contributed by atoms with Crippen LogP contribution in [0.25, 0.3) is 21.9 Å². The highest BCUT2D eigenvalue weighted by atomic mass is 16.1. The van der Waals surface area contributed by atoms with Crippen LogP contribution in [-0.4, -0.2) is 38.1 Å². The van der Waals surface area contributed by atoms with Crippen LogP contribution >= 0.6 is 0 Å². The van der Waals surface area contributed by atoms with Gasteiger partial charge in [-0.05, 0) is 22.6 Å². The highest BCUT2D eigenvalue weighted by molar-refractivity contribution is 6.26. The minimum absolute atomic E-state index is 0.145. The van der Waals surface area contributed by atoms with Gasteiger partial charge in [0.15, 0.2) is 12.5 Å². The summed E-state index contributed by atoms with van der Waals surface area (Å²) in [4.78, 5) is 15.4. The van der Waals surface area contributed by atoms with E-state index in [2.05, 4.69) is 44.2 Å². The first-order valence-electron chi connectivity index (χ1n) is 8.72. The van der Waals surface area contributed by atoms with Crippen LogP contribution in [0, 0.1) is 0 Å². The summed E-state index contributed by atoms with van der Waals surface area (Å²) < 4.78 is 0.923. The van der Waals surface area contributed by atoms with Gasteiger partial charge in [0.25, 0.3) is 0 Å². The number of ketones is 1. The van der Waals surface area contributed by atoms with Gasteiger partial charge in [0.2, 0.25) is 0 Å². The summed E-state index contributed by atoms with van der Waals surface area (Å²) in [6.45, 7) is 1.97. The Morgan fingerprint density at radius 3 is 2.44 bits per heavy atom. The van der Waals surface area contributed by atoms with Gasteiger partial charge in [0.05, 0.1) is 19.8 Å². The van der Waals surface area contributed by atoms with E-state index in [9.17, 15) is 4.79 Å². The molecule has 1 aliphatic carbocycles. The maximum absolute atomic E-state index is 13.0. The van der Waals surface area contributed by atoms with E-state index in [1.165, 1.54) is 22.2 Å². The molecule has 0 atom stereocenters. The minimum atomic E-state index is 0.145. The summed E-state index contributed by atoms with van der Waals surface area (Å²) in [5, 5.41) is 2.35. The fourth-order valence-corrected chi connectivity index (χ4v) is 4.63. The molecule has 3 aromatic rings. The van der Waals surface area contributed by atoms with Crippen LogP contribution in [-0.2, 0) is 6.54 Å². The number of hydrogen-bond acceptors (Lipinski definition) is 2. The molecule has 0 amide bonds. The first kappa shape index (κ1) is 14.7. The van der Waals surface area contributed by atoms with Crippen LogP contribution < -0.4 is 4.90 Å². The standard InChI is InChI=1S/C22H21N2O/c1-23-13-24(2,3)12-19-15-9-6-10-17-21(15)18(11-20(19)23)14-7-4-5-8-16(14)22(17)25/h4-11H,12-13H2,1-3H3/q+1. The largest absolute Gasteiger partial charge is 0.328 e. The average molecular weight is 329 g/mol. The lowest BCUT2D eigenvalue weighted by molar-refractivity contribution is -0.904. The average Bonchev–Trinajstić information content (AvgIpc) is 2.59. The summed E-state index contributed by atoms with van der Waals surface area (Å²) >= 11 is 0. The highest BCUT2D eigenvalue weighted by Crippen LogP contribution is 2.45. The summed E-state index contributed by atoms with van der Waals surface area (Å²) in [7, 11) is 6.69. The van der Waals surface area contributed by atoms with Crippen LogP contribution in [0.1, 0.15) is 21.5 Å². The van der Waals surface area contributed by atoms with Crippen molar-refractivity contribution in [2.75, 3.05) is 32.7 Å². The topological polar surface area (TPSA) is 20.3 Å². The van der Waals surface area contributed by atoms with Crippen molar-refractivity contribution in [2.45, 2.75) is 6.54 Å². The molecule has 25 heavy (non-hydrogen) atoms. The fraction of sp³-hybridized carbons (Fsp3) is 0.227. The van der Waals surface area contributed by atoms with Gasteiger partial charge < -0.3 is 9.38 Å². The number of hydrogen-bond donors (Lipinski definition) is 0. The lowest BCUT2D eigenvalue weighted by Gasteiger charge is -2.41. The monoisotopic (exact) mass is 329 g/mol. The number of benzene rings is 3. The number of rotatable bonds is 0. The van der Waals surface area contributed by atoms with Gasteiger partial charge in [-0.3, -0.25) is 4.79 Å². The van der Waals surface area contributed by atoms with E-state index >= 15 is 0 Å². The third-order valence-electron chi connectivity index (χ3n) is 5.55. The molecule has 2 aliphatic rings. The zero-order valence-electron chi connectivity index (χ0n) is 14.8. The smallest absolute Gasteiger partial charge is 0.194 e. The number of anilines is 1. The lowest BCUT2D eigenvalue weighted by Crippen LogP contribution is -2.50. The number of fused-ring (bicyclic) bond motifs is 4. The van der Waals surface area contributed by atoms with Gasteiger partial charge in [0.1, 0.15) is 6.54 Å². The van der Waals surface area contributed by atoms with E-state index in [4.69, 9.17) is 0 Å². The molecule has 1 heterocycles. The molecule has 124 valence electrons. The lowest BCUT2D eigenvalue weighted by atomic mass is 9.80. The van der Waals surface area contributed by atoms with Gasteiger partial charge in [-0.15, -0.1) is 0 Å². The highest BCUT2D eigenvalue weighted by Gasteiger charge is 2.33. The fourth-order valence-electron chi connectivity index (χ4n) is 4.63. The normalized spacial score (nSPS) is 17.4. The van der Waals surface area contributed by atoms with Gasteiger partial charge in [-0.1, -0.05) is 42.5 Å². The van der Waals surface area contributed by atoms with Crippen molar-refractivity contribution in [3.8, 4) is 11.1 Å². The predicted molar refractivity (Wildman–Crippen MR) is 102 cm³/mol. The van der Waals surface area contributed by atoms with Crippen molar-refractivity contribution in [3.63, 3.8) is 0 Å². The molecule has 3 nitrogen and oxygen atoms in total. The molecule has 1 aliphatic heterocycles. The van der Waals surface area contributed by atoms with E-state index in [0.717, 1.165) is 39.8 Å². The molecule has 3 heteroatoms. The van der Waals surface area contributed by atoms with Crippen LogP contribution in [0.5, 0.6) is 0 Å². The Kier molecular flexibility index (Phi) is 2.76. The quantitative estimate of drug-likeness (QED) is 0.454.